The molecule has 98 heavy (non-hydrogen) atoms. The molecule has 0 aliphatic rings. The van der Waals surface area contributed by atoms with Gasteiger partial charge in [0.2, 0.25) is 28.6 Å². The number of para-hydroxylation sites is 12. The summed E-state index contributed by atoms with van der Waals surface area (Å²) in [5.41, 5.74) is 32.0. The van der Waals surface area contributed by atoms with E-state index in [2.05, 4.69) is 167 Å². The predicted octanol–water partition coefficient (Wildman–Crippen LogP) is 21.9. The molecule has 0 radical (unpaired) electrons. The van der Waals surface area contributed by atoms with Crippen molar-refractivity contribution in [3.8, 4) is 0 Å². The minimum atomic E-state index is 0.682. The van der Waals surface area contributed by atoms with Crippen LogP contribution in [0.5, 0.6) is 0 Å². The van der Waals surface area contributed by atoms with Crippen molar-refractivity contribution in [3.05, 3.63) is 280 Å². The Morgan fingerprint density at radius 2 is 0.673 bits per heavy atom. The fraction of sp³-hybridized carbons (Fsp3) is 0.171. The zero-order valence-corrected chi connectivity index (χ0v) is 57.4. The predicted molar refractivity (Wildman–Crippen MR) is 392 cm³/mol. The molecule has 0 aliphatic carbocycles. The number of rotatable bonds is 0. The smallest absolute Gasteiger partial charge is 0.307 e. The lowest BCUT2D eigenvalue weighted by Crippen LogP contribution is -1.84. The molecule has 0 aliphatic heterocycles. The number of hydrogen-bond donors (Lipinski definition) is 0. The molecule has 0 atom stereocenters. The van der Waals surface area contributed by atoms with E-state index in [1.165, 1.54) is 61.2 Å². The molecule has 0 bridgehead atoms. The second-order valence-corrected chi connectivity index (χ2v) is 25.2. The Hall–Kier alpha value is -12.0. The van der Waals surface area contributed by atoms with Gasteiger partial charge in [-0.25, -0.2) is 0 Å². The van der Waals surface area contributed by atoms with Crippen molar-refractivity contribution in [1.82, 2.24) is 40.8 Å². The summed E-state index contributed by atoms with van der Waals surface area (Å²) in [4.78, 5) is 8.79. The third kappa shape index (κ3) is 10.6. The lowest BCUT2D eigenvalue weighted by atomic mass is 10.2. The van der Waals surface area contributed by atoms with Gasteiger partial charge in [-0.2, -0.15) is 9.97 Å². The van der Waals surface area contributed by atoms with Crippen molar-refractivity contribution in [2.75, 3.05) is 0 Å². The molecule has 490 valence electrons. The number of oxazole rings is 6. The number of pyridine rings is 1. The monoisotopic (exact) mass is 1300 g/mol. The van der Waals surface area contributed by atoms with Crippen LogP contribution in [0.25, 0.3) is 118 Å². The van der Waals surface area contributed by atoms with Crippen LogP contribution >= 0.6 is 0 Å². The van der Waals surface area contributed by atoms with Gasteiger partial charge in [0.25, 0.3) is 0 Å². The molecule has 21 aromatic rings. The summed E-state index contributed by atoms with van der Waals surface area (Å²) in [7, 11) is 0. The third-order valence-electron chi connectivity index (χ3n) is 19.2. The number of imidazole rings is 2. The molecule has 16 nitrogen and oxygen atoms in total. The summed E-state index contributed by atoms with van der Waals surface area (Å²) >= 11 is 0. The van der Waals surface area contributed by atoms with Crippen molar-refractivity contribution in [2.24, 2.45) is 0 Å². The molecule has 15 aromatic heterocycles. The molecular weight excluding hydrogens is 1220 g/mol. The van der Waals surface area contributed by atoms with Crippen LogP contribution in [0.4, 0.5) is 0 Å². The normalized spacial score (nSPS) is 11.6. The Morgan fingerprint density at radius 3 is 1.12 bits per heavy atom. The maximum absolute atomic E-state index is 5.77. The fourth-order valence-electron chi connectivity index (χ4n) is 12.9. The molecule has 0 unspecified atom stereocenters. The van der Waals surface area contributed by atoms with Crippen molar-refractivity contribution in [2.45, 2.75) is 96.9 Å². The van der Waals surface area contributed by atoms with E-state index in [1.54, 1.807) is 0 Å². The van der Waals surface area contributed by atoms with Gasteiger partial charge < -0.3 is 30.9 Å². The van der Waals surface area contributed by atoms with E-state index in [1.807, 2.05) is 171 Å². The van der Waals surface area contributed by atoms with Crippen molar-refractivity contribution >= 4 is 118 Å². The number of benzene rings is 6. The molecule has 21 rings (SSSR count). The van der Waals surface area contributed by atoms with Gasteiger partial charge in [-0.05, 0) is 216 Å². The summed E-state index contributed by atoms with van der Waals surface area (Å²) in [5.74, 6) is 4.23. The Balaban J connectivity index is 0.0000000933. The van der Waals surface area contributed by atoms with Gasteiger partial charge in [-0.15, -0.1) is 0 Å². The first-order valence-corrected chi connectivity index (χ1v) is 32.9. The molecule has 0 spiro atoms. The number of nitrogens with zero attached hydrogens (tertiary/aromatic N) is 9. The summed E-state index contributed by atoms with van der Waals surface area (Å²) in [6.45, 7) is 28.9. The van der Waals surface area contributed by atoms with E-state index >= 15 is 0 Å². The highest BCUT2D eigenvalue weighted by atomic mass is 16.4. The standard InChI is InChI=1S/5C12H11NO.2C11H10N2O/c1-8-9(2)14-12-11(8)7-10-5-3-4-6-13(10)12;2*1-8-7-13-10-5-3-4-6-11(10)14-12(13)9(8)2;2*1-8-7-12-13(9(8)2)10-5-3-4-6-11(10)14-12;2*1-7-8(2)14-11-12-9-5-3-4-6-10(9)13(7)11/h5*3-7H,1-2H3;2*3-6H,1-2H3. The highest BCUT2D eigenvalue weighted by Crippen LogP contribution is 2.32. The van der Waals surface area contributed by atoms with Gasteiger partial charge in [-0.1, -0.05) is 78.9 Å². The molecule has 0 saturated heterocycles. The van der Waals surface area contributed by atoms with Gasteiger partial charge >= 0.3 is 11.7 Å². The lowest BCUT2D eigenvalue weighted by Gasteiger charge is -1.93. The largest absolute Gasteiger partial charge is 0.444 e. The number of aromatic nitrogens is 9. The summed E-state index contributed by atoms with van der Waals surface area (Å²) in [6, 6.07) is 60.9. The number of fused-ring (bicyclic) bond motifs is 21. The summed E-state index contributed by atoms with van der Waals surface area (Å²) < 4.78 is 54.5. The molecular formula is C82H75N9O7. The Labute approximate surface area is 563 Å². The van der Waals surface area contributed by atoms with Crippen molar-refractivity contribution in [3.63, 3.8) is 0 Å². The molecule has 0 saturated carbocycles. The minimum Gasteiger partial charge on any atom is -0.444 e. The van der Waals surface area contributed by atoms with E-state index in [0.717, 1.165) is 124 Å². The van der Waals surface area contributed by atoms with Crippen LogP contribution in [-0.4, -0.2) is 40.8 Å². The molecule has 15 heterocycles. The van der Waals surface area contributed by atoms with E-state index in [-0.39, 0.29) is 0 Å². The molecule has 0 N–H and O–H groups in total. The van der Waals surface area contributed by atoms with Gasteiger partial charge in [0, 0.05) is 64.1 Å². The summed E-state index contributed by atoms with van der Waals surface area (Å²) in [6.07, 6.45) is 6.27. The second-order valence-electron chi connectivity index (χ2n) is 25.2. The Bertz CT molecular complexity index is 5790. The van der Waals surface area contributed by atoms with E-state index in [9.17, 15) is 0 Å². The number of furan rings is 1. The van der Waals surface area contributed by atoms with Gasteiger partial charge in [0.05, 0.1) is 55.5 Å². The van der Waals surface area contributed by atoms with Crippen LogP contribution in [0, 0.1) is 96.9 Å². The van der Waals surface area contributed by atoms with Gasteiger partial charge in [0.1, 0.15) is 17.3 Å². The van der Waals surface area contributed by atoms with E-state index < -0.39 is 0 Å². The molecule has 6 aromatic carbocycles. The minimum absolute atomic E-state index is 0.682. The van der Waals surface area contributed by atoms with Crippen LogP contribution in [0.2, 0.25) is 0 Å². The van der Waals surface area contributed by atoms with E-state index in [0.29, 0.717) is 11.7 Å². The average molecular weight is 1300 g/mol. The maximum Gasteiger partial charge on any atom is 0.307 e. The van der Waals surface area contributed by atoms with E-state index in [4.69, 9.17) is 30.9 Å². The van der Waals surface area contributed by atoms with Crippen molar-refractivity contribution < 1.29 is 30.9 Å². The van der Waals surface area contributed by atoms with Gasteiger partial charge in [-0.3, -0.25) is 30.8 Å². The zero-order valence-electron chi connectivity index (χ0n) is 57.4. The summed E-state index contributed by atoms with van der Waals surface area (Å²) in [5, 5.41) is 1.22. The Morgan fingerprint density at radius 1 is 0.286 bits per heavy atom. The number of hydrogen-bond acceptors (Lipinski definition) is 9. The van der Waals surface area contributed by atoms with Crippen molar-refractivity contribution in [1.29, 1.82) is 0 Å². The SMILES string of the molecule is Cc1cc2oc3ccccc3n2c1C.Cc1cc2oc3ccccc3n2c1C.Cc1cn2c(oc3ccccc32)c1C.Cc1cn2c(oc3ccccc32)c1C.Cc1oc2c(cc3ccccn32)c1C.Cc1oc2nc3ccccc3n2c1C.Cc1oc2nc3ccccc3n2c1C. The van der Waals surface area contributed by atoms with Crippen LogP contribution in [0.3, 0.4) is 0 Å². The van der Waals surface area contributed by atoms with Crippen LogP contribution in [-0.2, 0) is 0 Å². The van der Waals surface area contributed by atoms with Crippen LogP contribution in [0.15, 0.2) is 232 Å². The maximum atomic E-state index is 5.77. The van der Waals surface area contributed by atoms with Gasteiger partial charge in [0.15, 0.2) is 22.3 Å². The number of aryl methyl sites for hydroxylation is 14. The zero-order chi connectivity index (χ0) is 67.9. The fourth-order valence-corrected chi connectivity index (χ4v) is 12.9. The Kier molecular flexibility index (Phi) is 15.6. The molecule has 0 fully saturated rings. The third-order valence-corrected chi connectivity index (χ3v) is 19.2. The quantitative estimate of drug-likeness (QED) is 0.145. The molecule has 16 heteroatoms. The first-order chi connectivity index (χ1) is 47.4. The highest BCUT2D eigenvalue weighted by Gasteiger charge is 2.17. The lowest BCUT2D eigenvalue weighted by molar-refractivity contribution is 0.560. The molecule has 0 amide bonds. The van der Waals surface area contributed by atoms with Crippen LogP contribution in [0.1, 0.15) is 79.0 Å². The first-order valence-electron chi connectivity index (χ1n) is 32.9. The van der Waals surface area contributed by atoms with Crippen LogP contribution < -0.4 is 0 Å². The topological polar surface area (TPSA) is 149 Å². The second kappa shape index (κ2) is 24.6. The average Bonchev–Trinajstić information content (AvgIpc) is 1.68. The first kappa shape index (κ1) is 62.1. The highest BCUT2D eigenvalue weighted by molar-refractivity contribution is 5.87.